The van der Waals surface area contributed by atoms with Crippen LogP contribution in [0.3, 0.4) is 0 Å². The molecule has 2 rings (SSSR count). The lowest BCUT2D eigenvalue weighted by Gasteiger charge is -2.27. The van der Waals surface area contributed by atoms with Crippen LogP contribution < -0.4 is 14.8 Å². The maximum atomic E-state index is 12.2. The molecule has 1 aliphatic heterocycles. The zero-order valence-corrected chi connectivity index (χ0v) is 15.0. The van der Waals surface area contributed by atoms with Gasteiger partial charge in [0.05, 0.1) is 16.5 Å². The molecule has 1 aromatic carbocycles. The molecule has 0 bridgehead atoms. The summed E-state index contributed by atoms with van der Waals surface area (Å²) in [6, 6.07) is 4.74. The van der Waals surface area contributed by atoms with E-state index < -0.39 is 10.0 Å². The topological polar surface area (TPSA) is 70.7 Å². The predicted octanol–water partition coefficient (Wildman–Crippen LogP) is 1.03. The molecule has 0 unspecified atom stereocenters. The summed E-state index contributed by atoms with van der Waals surface area (Å²) < 4.78 is 32.9. The first kappa shape index (κ1) is 17.7. The molecule has 22 heavy (non-hydrogen) atoms. The minimum Gasteiger partial charge on any atom is -0.496 e. The second kappa shape index (κ2) is 8.26. The molecular weight excluding hydrogens is 370 g/mol. The van der Waals surface area contributed by atoms with Gasteiger partial charge in [-0.2, -0.15) is 0 Å². The minimum atomic E-state index is -3.48. The zero-order chi connectivity index (χ0) is 16.0. The number of piperazine rings is 1. The molecule has 8 heteroatoms. The third-order valence-corrected chi connectivity index (χ3v) is 5.66. The lowest BCUT2D eigenvalue weighted by molar-refractivity contribution is 0.239. The minimum absolute atomic E-state index is 0.238. The van der Waals surface area contributed by atoms with E-state index in [1.807, 2.05) is 0 Å². The van der Waals surface area contributed by atoms with Gasteiger partial charge in [0.25, 0.3) is 0 Å². The quantitative estimate of drug-likeness (QED) is 0.679. The van der Waals surface area contributed by atoms with Crippen molar-refractivity contribution in [1.82, 2.24) is 14.9 Å². The number of nitrogens with one attached hydrogen (secondary N) is 2. The fraction of sp³-hybridized carbons (Fsp3) is 0.571. The number of methoxy groups -OCH3 is 1. The number of sulfonamides is 1. The Morgan fingerprint density at radius 1 is 1.36 bits per heavy atom. The highest BCUT2D eigenvalue weighted by Gasteiger charge is 2.16. The van der Waals surface area contributed by atoms with Gasteiger partial charge < -0.3 is 15.0 Å². The number of rotatable bonds is 7. The Bertz CT molecular complexity index is 589. The number of hydrogen-bond donors (Lipinski definition) is 2. The Hall–Kier alpha value is -0.670. The summed E-state index contributed by atoms with van der Waals surface area (Å²) in [4.78, 5) is 2.58. The molecular formula is C14H22BrN3O3S. The number of hydrogen-bond acceptors (Lipinski definition) is 5. The summed E-state index contributed by atoms with van der Waals surface area (Å²) >= 11 is 3.30. The molecule has 1 aliphatic rings. The zero-order valence-electron chi connectivity index (χ0n) is 12.6. The van der Waals surface area contributed by atoms with E-state index in [1.165, 1.54) is 0 Å². The molecule has 0 aliphatic carbocycles. The summed E-state index contributed by atoms with van der Waals surface area (Å²) in [7, 11) is -1.93. The average Bonchev–Trinajstić information content (AvgIpc) is 2.52. The Morgan fingerprint density at radius 3 is 2.73 bits per heavy atom. The average molecular weight is 392 g/mol. The molecule has 0 saturated carbocycles. The maximum Gasteiger partial charge on any atom is 0.240 e. The van der Waals surface area contributed by atoms with Crippen LogP contribution in [0.2, 0.25) is 0 Å². The summed E-state index contributed by atoms with van der Waals surface area (Å²) in [5.74, 6) is 0.609. The molecule has 1 heterocycles. The Morgan fingerprint density at radius 2 is 2.09 bits per heavy atom. The van der Waals surface area contributed by atoms with E-state index in [0.29, 0.717) is 16.8 Å². The molecule has 1 aromatic rings. The van der Waals surface area contributed by atoms with Gasteiger partial charge in [0.1, 0.15) is 5.75 Å². The summed E-state index contributed by atoms with van der Waals surface area (Å²) in [5, 5.41) is 3.30. The van der Waals surface area contributed by atoms with Crippen LogP contribution in [-0.2, 0) is 10.0 Å². The highest BCUT2D eigenvalue weighted by Crippen LogP contribution is 2.27. The van der Waals surface area contributed by atoms with Crippen molar-refractivity contribution in [3.05, 3.63) is 22.7 Å². The monoisotopic (exact) mass is 391 g/mol. The normalized spacial score (nSPS) is 16.6. The largest absolute Gasteiger partial charge is 0.496 e. The van der Waals surface area contributed by atoms with Crippen molar-refractivity contribution in [3.63, 3.8) is 0 Å². The predicted molar refractivity (Wildman–Crippen MR) is 89.8 cm³/mol. The third kappa shape index (κ3) is 4.92. The van der Waals surface area contributed by atoms with Crippen molar-refractivity contribution in [3.8, 4) is 5.75 Å². The van der Waals surface area contributed by atoms with E-state index in [2.05, 4.69) is 30.9 Å². The van der Waals surface area contributed by atoms with E-state index in [4.69, 9.17) is 4.74 Å². The van der Waals surface area contributed by atoms with Crippen LogP contribution in [0.15, 0.2) is 27.6 Å². The van der Waals surface area contributed by atoms with E-state index in [-0.39, 0.29) is 4.90 Å². The SMILES string of the molecule is COc1ccc(S(=O)(=O)NCCCN2CCNCC2)cc1Br. The summed E-state index contributed by atoms with van der Waals surface area (Å²) in [6.07, 6.45) is 0.802. The van der Waals surface area contributed by atoms with Crippen LogP contribution in [0.4, 0.5) is 0 Å². The second-order valence-electron chi connectivity index (χ2n) is 5.14. The molecule has 6 nitrogen and oxygen atoms in total. The highest BCUT2D eigenvalue weighted by atomic mass is 79.9. The Balaban J connectivity index is 1.84. The van der Waals surface area contributed by atoms with Crippen LogP contribution in [0.1, 0.15) is 6.42 Å². The van der Waals surface area contributed by atoms with Gasteiger partial charge in [-0.3, -0.25) is 0 Å². The lowest BCUT2D eigenvalue weighted by atomic mass is 10.3. The van der Waals surface area contributed by atoms with E-state index in [1.54, 1.807) is 25.3 Å². The Labute approximate surface area is 140 Å². The molecule has 0 radical (unpaired) electrons. The van der Waals surface area contributed by atoms with E-state index in [9.17, 15) is 8.42 Å². The first-order chi connectivity index (χ1) is 10.5. The molecule has 1 fully saturated rings. The van der Waals surface area contributed by atoms with Gasteiger partial charge >= 0.3 is 0 Å². The van der Waals surface area contributed by atoms with Crippen LogP contribution in [-0.4, -0.2) is 59.7 Å². The standard InChI is InChI=1S/C14H22BrN3O3S/c1-21-14-4-3-12(11-13(14)15)22(19,20)17-5-2-8-18-9-6-16-7-10-18/h3-4,11,16-17H,2,5-10H2,1H3. The smallest absolute Gasteiger partial charge is 0.240 e. The summed E-state index contributed by atoms with van der Waals surface area (Å²) in [6.45, 7) is 5.42. The van der Waals surface area contributed by atoms with Crippen molar-refractivity contribution < 1.29 is 13.2 Å². The third-order valence-electron chi connectivity index (χ3n) is 3.59. The van der Waals surface area contributed by atoms with Gasteiger partial charge in [-0.1, -0.05) is 0 Å². The number of benzene rings is 1. The van der Waals surface area contributed by atoms with Gasteiger partial charge in [0, 0.05) is 32.7 Å². The van der Waals surface area contributed by atoms with Gasteiger partial charge in [0.2, 0.25) is 10.0 Å². The first-order valence-corrected chi connectivity index (χ1v) is 9.57. The molecule has 1 saturated heterocycles. The van der Waals surface area contributed by atoms with E-state index >= 15 is 0 Å². The number of ether oxygens (including phenoxy) is 1. The maximum absolute atomic E-state index is 12.2. The van der Waals surface area contributed by atoms with Gasteiger partial charge in [-0.05, 0) is 47.1 Å². The number of halogens is 1. The molecule has 0 aromatic heterocycles. The highest BCUT2D eigenvalue weighted by molar-refractivity contribution is 9.10. The molecule has 0 amide bonds. The van der Waals surface area contributed by atoms with Crippen molar-refractivity contribution in [1.29, 1.82) is 0 Å². The van der Waals surface area contributed by atoms with Crippen molar-refractivity contribution in [2.75, 3.05) is 46.4 Å². The van der Waals surface area contributed by atoms with Crippen molar-refractivity contribution in [2.24, 2.45) is 0 Å². The first-order valence-electron chi connectivity index (χ1n) is 7.29. The van der Waals surface area contributed by atoms with Crippen LogP contribution in [0.25, 0.3) is 0 Å². The summed E-state index contributed by atoms with van der Waals surface area (Å²) in [5.41, 5.74) is 0. The van der Waals surface area contributed by atoms with Gasteiger partial charge in [-0.15, -0.1) is 0 Å². The fourth-order valence-electron chi connectivity index (χ4n) is 2.34. The molecule has 124 valence electrons. The Kier molecular flexibility index (Phi) is 6.64. The second-order valence-corrected chi connectivity index (χ2v) is 7.76. The van der Waals surface area contributed by atoms with Crippen LogP contribution in [0, 0.1) is 0 Å². The molecule has 0 spiro atoms. The van der Waals surface area contributed by atoms with Crippen LogP contribution >= 0.6 is 15.9 Å². The van der Waals surface area contributed by atoms with Crippen molar-refractivity contribution >= 4 is 26.0 Å². The number of nitrogens with zero attached hydrogens (tertiary/aromatic N) is 1. The van der Waals surface area contributed by atoms with Gasteiger partial charge in [-0.25, -0.2) is 13.1 Å². The van der Waals surface area contributed by atoms with Crippen molar-refractivity contribution in [2.45, 2.75) is 11.3 Å². The fourth-order valence-corrected chi connectivity index (χ4v) is 4.13. The van der Waals surface area contributed by atoms with E-state index in [0.717, 1.165) is 39.1 Å². The molecule has 2 N–H and O–H groups in total. The lowest BCUT2D eigenvalue weighted by Crippen LogP contribution is -2.44. The van der Waals surface area contributed by atoms with Crippen LogP contribution in [0.5, 0.6) is 5.75 Å². The molecule has 0 atom stereocenters. The van der Waals surface area contributed by atoms with Gasteiger partial charge in [0.15, 0.2) is 0 Å².